The zero-order chi connectivity index (χ0) is 10.3. The van der Waals surface area contributed by atoms with Crippen LogP contribution in [0.3, 0.4) is 0 Å². The number of methoxy groups -OCH3 is 1. The molecule has 0 aromatic heterocycles. The van der Waals surface area contributed by atoms with Crippen molar-refractivity contribution >= 4 is 28.8 Å². The molecule has 3 nitrogen and oxygen atoms in total. The van der Waals surface area contributed by atoms with Crippen LogP contribution in [0, 0.1) is 0 Å². The fraction of sp³-hybridized carbons (Fsp3) is 0.889. The topological polar surface area (TPSA) is 38.3 Å². The maximum Gasteiger partial charge on any atom is 0.326 e. The van der Waals surface area contributed by atoms with Crippen molar-refractivity contribution in [3.8, 4) is 0 Å². The Bertz CT molecular complexity index is 164. The molecule has 0 heterocycles. The number of unbranched alkanes of at least 4 members (excludes halogenated alkanes) is 2. The van der Waals surface area contributed by atoms with Crippen LogP contribution in [-0.2, 0) is 9.53 Å². The molecule has 1 atom stereocenters. The monoisotopic (exact) mass is 299 g/mol. The lowest BCUT2D eigenvalue weighted by Crippen LogP contribution is -2.45. The fourth-order valence-corrected chi connectivity index (χ4v) is 1.63. The molecule has 0 bridgehead atoms. The Kier molecular flexibility index (Phi) is 6.67. The molecule has 0 aliphatic heterocycles. The number of hydrogen-bond acceptors (Lipinski definition) is 3. The molecular weight excluding hydrogens is 281 g/mol. The van der Waals surface area contributed by atoms with E-state index in [0.717, 1.165) is 19.3 Å². The predicted molar refractivity (Wildman–Crippen MR) is 61.7 cm³/mol. The van der Waals surface area contributed by atoms with Crippen molar-refractivity contribution in [2.45, 2.75) is 45.1 Å². The number of rotatable bonds is 6. The van der Waals surface area contributed by atoms with Gasteiger partial charge < -0.3 is 4.74 Å². The molecule has 0 saturated heterocycles. The number of halogens is 1. The molecule has 0 aliphatic carbocycles. The van der Waals surface area contributed by atoms with Crippen LogP contribution in [0.5, 0.6) is 0 Å². The van der Waals surface area contributed by atoms with E-state index in [1.165, 1.54) is 13.5 Å². The van der Waals surface area contributed by atoms with Gasteiger partial charge in [-0.2, -0.15) is 0 Å². The zero-order valence-corrected chi connectivity index (χ0v) is 10.7. The second-order valence-electron chi connectivity index (χ2n) is 3.38. The van der Waals surface area contributed by atoms with Gasteiger partial charge in [-0.1, -0.05) is 26.2 Å². The van der Waals surface area contributed by atoms with Gasteiger partial charge in [-0.15, -0.1) is 0 Å². The van der Waals surface area contributed by atoms with Gasteiger partial charge in [0.1, 0.15) is 5.54 Å². The summed E-state index contributed by atoms with van der Waals surface area (Å²) < 4.78 is 7.71. The van der Waals surface area contributed by atoms with Gasteiger partial charge in [-0.25, -0.2) is 3.53 Å². The van der Waals surface area contributed by atoms with Crippen molar-refractivity contribution in [2.75, 3.05) is 7.11 Å². The summed E-state index contributed by atoms with van der Waals surface area (Å²) >= 11 is 2.01. The van der Waals surface area contributed by atoms with Crippen LogP contribution in [0.4, 0.5) is 0 Å². The Balaban J connectivity index is 4.03. The number of ether oxygens (including phenoxy) is 1. The van der Waals surface area contributed by atoms with Crippen LogP contribution < -0.4 is 3.53 Å². The van der Waals surface area contributed by atoms with E-state index in [1.807, 2.05) is 29.8 Å². The second kappa shape index (κ2) is 6.59. The molecular formula is C9H18INO2. The third-order valence-electron chi connectivity index (χ3n) is 2.12. The highest BCUT2D eigenvalue weighted by molar-refractivity contribution is 14.1. The molecule has 0 fully saturated rings. The van der Waals surface area contributed by atoms with Gasteiger partial charge in [-0.3, -0.25) is 4.79 Å². The van der Waals surface area contributed by atoms with E-state index in [4.69, 9.17) is 4.74 Å². The van der Waals surface area contributed by atoms with E-state index in [-0.39, 0.29) is 5.97 Å². The van der Waals surface area contributed by atoms with Crippen LogP contribution in [0.15, 0.2) is 0 Å². The smallest absolute Gasteiger partial charge is 0.326 e. The van der Waals surface area contributed by atoms with Gasteiger partial charge >= 0.3 is 5.97 Å². The molecule has 0 saturated carbocycles. The van der Waals surface area contributed by atoms with E-state index < -0.39 is 5.54 Å². The summed E-state index contributed by atoms with van der Waals surface area (Å²) in [5, 5.41) is 0. The highest BCUT2D eigenvalue weighted by Gasteiger charge is 2.32. The maximum atomic E-state index is 11.4. The SMILES string of the molecule is CCCCC[C@](C)(NI)C(=O)OC. The molecule has 0 unspecified atom stereocenters. The van der Waals surface area contributed by atoms with E-state index in [2.05, 4.69) is 10.5 Å². The molecule has 0 spiro atoms. The lowest BCUT2D eigenvalue weighted by Gasteiger charge is -2.24. The molecule has 0 radical (unpaired) electrons. The van der Waals surface area contributed by atoms with E-state index in [1.54, 1.807) is 0 Å². The van der Waals surface area contributed by atoms with Crippen molar-refractivity contribution in [1.29, 1.82) is 0 Å². The van der Waals surface area contributed by atoms with E-state index in [9.17, 15) is 4.79 Å². The number of esters is 1. The first kappa shape index (κ1) is 13.2. The van der Waals surface area contributed by atoms with Crippen LogP contribution in [0.2, 0.25) is 0 Å². The van der Waals surface area contributed by atoms with Crippen LogP contribution in [-0.4, -0.2) is 18.6 Å². The Labute approximate surface area is 94.1 Å². The lowest BCUT2D eigenvalue weighted by molar-refractivity contribution is -0.147. The number of nitrogens with one attached hydrogen (secondary N) is 1. The summed E-state index contributed by atoms with van der Waals surface area (Å²) in [4.78, 5) is 11.4. The minimum absolute atomic E-state index is 0.182. The molecule has 4 heteroatoms. The Morgan fingerprint density at radius 2 is 2.15 bits per heavy atom. The Morgan fingerprint density at radius 1 is 1.54 bits per heavy atom. The van der Waals surface area contributed by atoms with Crippen molar-refractivity contribution < 1.29 is 9.53 Å². The van der Waals surface area contributed by atoms with Crippen molar-refractivity contribution in [1.82, 2.24) is 3.53 Å². The molecule has 1 N–H and O–H groups in total. The highest BCUT2D eigenvalue weighted by atomic mass is 127. The van der Waals surface area contributed by atoms with Crippen LogP contribution >= 0.6 is 22.9 Å². The summed E-state index contributed by atoms with van der Waals surface area (Å²) in [6.07, 6.45) is 4.21. The van der Waals surface area contributed by atoms with Crippen molar-refractivity contribution in [2.24, 2.45) is 0 Å². The minimum Gasteiger partial charge on any atom is -0.468 e. The third kappa shape index (κ3) is 4.26. The first-order valence-electron chi connectivity index (χ1n) is 4.57. The van der Waals surface area contributed by atoms with Crippen molar-refractivity contribution in [3.05, 3.63) is 0 Å². The zero-order valence-electron chi connectivity index (χ0n) is 8.52. The van der Waals surface area contributed by atoms with E-state index in [0.29, 0.717) is 0 Å². The average Bonchev–Trinajstić information content (AvgIpc) is 2.16. The number of carbonyl (C=O) groups is 1. The van der Waals surface area contributed by atoms with Gasteiger partial charge in [0.2, 0.25) is 0 Å². The summed E-state index contributed by atoms with van der Waals surface area (Å²) in [6.45, 7) is 4.02. The Hall–Kier alpha value is 0.160. The first-order valence-corrected chi connectivity index (χ1v) is 5.64. The van der Waals surface area contributed by atoms with Gasteiger partial charge in [0.25, 0.3) is 0 Å². The fourth-order valence-electron chi connectivity index (χ4n) is 1.14. The molecule has 0 aromatic rings. The summed E-state index contributed by atoms with van der Waals surface area (Å²) in [5.41, 5.74) is -0.523. The van der Waals surface area contributed by atoms with Crippen molar-refractivity contribution in [3.63, 3.8) is 0 Å². The minimum atomic E-state index is -0.523. The van der Waals surface area contributed by atoms with Crippen LogP contribution in [0.1, 0.15) is 39.5 Å². The van der Waals surface area contributed by atoms with E-state index >= 15 is 0 Å². The number of carbonyl (C=O) groups excluding carboxylic acids is 1. The summed E-state index contributed by atoms with van der Waals surface area (Å²) in [7, 11) is 1.42. The normalized spacial score (nSPS) is 15.1. The molecule has 0 rings (SSSR count). The first-order chi connectivity index (χ1) is 6.10. The lowest BCUT2D eigenvalue weighted by atomic mass is 9.96. The molecule has 13 heavy (non-hydrogen) atoms. The average molecular weight is 299 g/mol. The quantitative estimate of drug-likeness (QED) is 0.354. The summed E-state index contributed by atoms with van der Waals surface area (Å²) in [5.74, 6) is -0.182. The number of hydrogen-bond donors (Lipinski definition) is 1. The summed E-state index contributed by atoms with van der Waals surface area (Å²) in [6, 6.07) is 0. The Morgan fingerprint density at radius 3 is 2.54 bits per heavy atom. The third-order valence-corrected chi connectivity index (χ3v) is 3.32. The standard InChI is InChI=1S/C9H18INO2/c1-4-5-6-7-9(2,11-10)8(12)13-3/h11H,4-7H2,1-3H3/t9-/m0/s1. The molecule has 0 aromatic carbocycles. The van der Waals surface area contributed by atoms with Gasteiger partial charge in [-0.05, 0) is 13.3 Å². The van der Waals surface area contributed by atoms with Crippen LogP contribution in [0.25, 0.3) is 0 Å². The highest BCUT2D eigenvalue weighted by Crippen LogP contribution is 2.17. The molecule has 78 valence electrons. The van der Waals surface area contributed by atoms with Gasteiger partial charge in [0.05, 0.1) is 7.11 Å². The van der Waals surface area contributed by atoms with Gasteiger partial charge in [0, 0.05) is 22.9 Å². The predicted octanol–water partition coefficient (Wildman–Crippen LogP) is 2.44. The molecule has 0 aliphatic rings. The largest absolute Gasteiger partial charge is 0.468 e. The second-order valence-corrected chi connectivity index (χ2v) is 3.91. The maximum absolute atomic E-state index is 11.4. The van der Waals surface area contributed by atoms with Gasteiger partial charge in [0.15, 0.2) is 0 Å². The molecule has 0 amide bonds.